The molecule has 0 bridgehead atoms. The normalized spacial score (nSPS) is 18.9. The van der Waals surface area contributed by atoms with Gasteiger partial charge in [-0.05, 0) is 40.3 Å². The highest BCUT2D eigenvalue weighted by Gasteiger charge is 2.36. The van der Waals surface area contributed by atoms with E-state index in [0.29, 0.717) is 19.0 Å². The van der Waals surface area contributed by atoms with Crippen LogP contribution in [-0.4, -0.2) is 52.4 Å². The van der Waals surface area contributed by atoms with Crippen molar-refractivity contribution in [3.05, 3.63) is 60.2 Å². The molecule has 8 nitrogen and oxygen atoms in total. The number of ether oxygens (including phenoxy) is 1. The molecule has 1 N–H and O–H groups in total. The summed E-state index contributed by atoms with van der Waals surface area (Å²) in [5.74, 6) is 1.55. The van der Waals surface area contributed by atoms with Crippen LogP contribution in [-0.2, 0) is 4.79 Å². The molecular formula is C20H22N6O2. The predicted molar refractivity (Wildman–Crippen MR) is 105 cm³/mol. The molecule has 3 aromatic rings. The summed E-state index contributed by atoms with van der Waals surface area (Å²) in [4.78, 5) is 13.9. The summed E-state index contributed by atoms with van der Waals surface area (Å²) >= 11 is 0. The van der Waals surface area contributed by atoms with Crippen LogP contribution in [0.5, 0.6) is 5.75 Å². The number of carbonyl (C=O) groups is 1. The molecule has 0 saturated carbocycles. The standard InChI is InChI=1S/C20H22N6O2/c1-14(27)21-19-13-25(12-18(19)15-8-10-17(28-2)11-9-15)20-22-23-24-26(20)16-6-4-3-5-7-16/h3-11,18-19H,12-13H2,1-2H3,(H,21,27). The largest absolute Gasteiger partial charge is 0.497 e. The first-order valence-corrected chi connectivity index (χ1v) is 9.15. The van der Waals surface area contributed by atoms with E-state index in [1.165, 1.54) is 0 Å². The Balaban J connectivity index is 1.63. The van der Waals surface area contributed by atoms with Crippen molar-refractivity contribution in [1.82, 2.24) is 25.5 Å². The van der Waals surface area contributed by atoms with Crippen molar-refractivity contribution in [1.29, 1.82) is 0 Å². The van der Waals surface area contributed by atoms with E-state index in [1.54, 1.807) is 18.7 Å². The fraction of sp³-hybridized carbons (Fsp3) is 0.300. The number of aromatic nitrogens is 4. The van der Waals surface area contributed by atoms with Gasteiger partial charge in [0, 0.05) is 25.9 Å². The molecule has 2 atom stereocenters. The van der Waals surface area contributed by atoms with Gasteiger partial charge >= 0.3 is 0 Å². The second kappa shape index (κ2) is 7.67. The SMILES string of the molecule is COc1ccc(C2CN(c3nnnn3-c3ccccc3)CC2NC(C)=O)cc1. The van der Waals surface area contributed by atoms with E-state index >= 15 is 0 Å². The molecule has 144 valence electrons. The van der Waals surface area contributed by atoms with Gasteiger partial charge in [0.05, 0.1) is 18.8 Å². The van der Waals surface area contributed by atoms with Crippen molar-refractivity contribution in [2.24, 2.45) is 0 Å². The van der Waals surface area contributed by atoms with Crippen LogP contribution in [0.1, 0.15) is 18.4 Å². The zero-order valence-electron chi connectivity index (χ0n) is 15.8. The van der Waals surface area contributed by atoms with Crippen LogP contribution in [0.25, 0.3) is 5.69 Å². The van der Waals surface area contributed by atoms with Crippen LogP contribution < -0.4 is 15.0 Å². The topological polar surface area (TPSA) is 85.2 Å². The third kappa shape index (κ3) is 3.53. The minimum absolute atomic E-state index is 0.0354. The lowest BCUT2D eigenvalue weighted by Gasteiger charge is -2.19. The molecule has 1 fully saturated rings. The number of benzene rings is 2. The Kier molecular flexibility index (Phi) is 4.92. The number of rotatable bonds is 5. The molecule has 1 aromatic heterocycles. The van der Waals surface area contributed by atoms with Gasteiger partial charge in [-0.3, -0.25) is 4.79 Å². The molecule has 0 aliphatic carbocycles. The number of methoxy groups -OCH3 is 1. The maximum atomic E-state index is 11.8. The maximum Gasteiger partial charge on any atom is 0.250 e. The van der Waals surface area contributed by atoms with Gasteiger partial charge in [0.1, 0.15) is 5.75 Å². The second-order valence-corrected chi connectivity index (χ2v) is 6.82. The Morgan fingerprint density at radius 2 is 1.86 bits per heavy atom. The van der Waals surface area contributed by atoms with Gasteiger partial charge < -0.3 is 15.0 Å². The predicted octanol–water partition coefficient (Wildman–Crippen LogP) is 1.78. The smallest absolute Gasteiger partial charge is 0.250 e. The van der Waals surface area contributed by atoms with Crippen molar-refractivity contribution in [2.75, 3.05) is 25.1 Å². The van der Waals surface area contributed by atoms with Crippen LogP contribution in [0.2, 0.25) is 0 Å². The summed E-state index contributed by atoms with van der Waals surface area (Å²) in [5, 5.41) is 15.3. The fourth-order valence-electron chi connectivity index (χ4n) is 3.68. The maximum absolute atomic E-state index is 11.8. The van der Waals surface area contributed by atoms with Crippen LogP contribution in [0, 0.1) is 0 Å². The Morgan fingerprint density at radius 3 is 2.54 bits per heavy atom. The molecule has 1 amide bonds. The second-order valence-electron chi connectivity index (χ2n) is 6.82. The van der Waals surface area contributed by atoms with Gasteiger partial charge in [0.15, 0.2) is 0 Å². The number of hydrogen-bond donors (Lipinski definition) is 1. The third-order valence-corrected chi connectivity index (χ3v) is 4.99. The molecule has 2 aromatic carbocycles. The molecule has 1 aliphatic heterocycles. The quantitative estimate of drug-likeness (QED) is 0.728. The van der Waals surface area contributed by atoms with Gasteiger partial charge in [-0.2, -0.15) is 4.68 Å². The Morgan fingerprint density at radius 1 is 1.11 bits per heavy atom. The zero-order chi connectivity index (χ0) is 19.5. The van der Waals surface area contributed by atoms with Crippen molar-refractivity contribution < 1.29 is 9.53 Å². The Labute approximate surface area is 163 Å². The minimum atomic E-state index is -0.0481. The number of nitrogens with one attached hydrogen (secondary N) is 1. The van der Waals surface area contributed by atoms with Crippen LogP contribution in [0.15, 0.2) is 54.6 Å². The Bertz CT molecular complexity index is 941. The summed E-state index contributed by atoms with van der Waals surface area (Å²) in [6, 6.07) is 17.7. The molecule has 0 spiro atoms. The zero-order valence-corrected chi connectivity index (χ0v) is 15.8. The summed E-state index contributed by atoms with van der Waals surface area (Å²) in [5.41, 5.74) is 2.03. The van der Waals surface area contributed by atoms with E-state index in [4.69, 9.17) is 4.74 Å². The highest BCUT2D eigenvalue weighted by molar-refractivity contribution is 5.73. The van der Waals surface area contributed by atoms with Crippen LogP contribution in [0.4, 0.5) is 5.95 Å². The van der Waals surface area contributed by atoms with E-state index in [-0.39, 0.29) is 17.9 Å². The lowest BCUT2D eigenvalue weighted by Crippen LogP contribution is -2.38. The van der Waals surface area contributed by atoms with Gasteiger partial charge in [-0.1, -0.05) is 35.4 Å². The van der Waals surface area contributed by atoms with Gasteiger partial charge in [-0.15, -0.1) is 0 Å². The third-order valence-electron chi connectivity index (χ3n) is 4.99. The van der Waals surface area contributed by atoms with E-state index in [1.807, 2.05) is 54.6 Å². The van der Waals surface area contributed by atoms with Gasteiger partial charge in [0.2, 0.25) is 11.9 Å². The van der Waals surface area contributed by atoms with Crippen molar-refractivity contribution in [3.8, 4) is 11.4 Å². The monoisotopic (exact) mass is 378 g/mol. The average Bonchev–Trinajstić information content (AvgIpc) is 3.35. The number of carbonyl (C=O) groups excluding carboxylic acids is 1. The first-order valence-electron chi connectivity index (χ1n) is 9.15. The molecule has 8 heteroatoms. The first kappa shape index (κ1) is 18.0. The van der Waals surface area contributed by atoms with Crippen LogP contribution in [0.3, 0.4) is 0 Å². The number of tetrazole rings is 1. The molecule has 28 heavy (non-hydrogen) atoms. The first-order chi connectivity index (χ1) is 13.7. The number of amides is 1. The minimum Gasteiger partial charge on any atom is -0.497 e. The molecule has 1 aliphatic rings. The number of para-hydroxylation sites is 1. The fourth-order valence-corrected chi connectivity index (χ4v) is 3.68. The van der Waals surface area contributed by atoms with E-state index in [2.05, 4.69) is 25.7 Å². The van der Waals surface area contributed by atoms with E-state index < -0.39 is 0 Å². The van der Waals surface area contributed by atoms with E-state index in [9.17, 15) is 4.79 Å². The summed E-state index contributed by atoms with van der Waals surface area (Å²) in [6.45, 7) is 2.87. The lowest BCUT2D eigenvalue weighted by atomic mass is 9.94. The highest BCUT2D eigenvalue weighted by atomic mass is 16.5. The summed E-state index contributed by atoms with van der Waals surface area (Å²) in [7, 11) is 1.65. The van der Waals surface area contributed by atoms with Gasteiger partial charge in [0.25, 0.3) is 0 Å². The van der Waals surface area contributed by atoms with Gasteiger partial charge in [-0.25, -0.2) is 0 Å². The molecule has 0 radical (unpaired) electrons. The summed E-state index contributed by atoms with van der Waals surface area (Å²) < 4.78 is 6.98. The Hall–Kier alpha value is -3.42. The number of anilines is 1. The lowest BCUT2D eigenvalue weighted by molar-refractivity contribution is -0.119. The molecular weight excluding hydrogens is 356 g/mol. The van der Waals surface area contributed by atoms with E-state index in [0.717, 1.165) is 17.0 Å². The van der Waals surface area contributed by atoms with Crippen molar-refractivity contribution in [3.63, 3.8) is 0 Å². The number of hydrogen-bond acceptors (Lipinski definition) is 6. The molecule has 2 heterocycles. The van der Waals surface area contributed by atoms with Crippen molar-refractivity contribution >= 4 is 11.9 Å². The van der Waals surface area contributed by atoms with Crippen molar-refractivity contribution in [2.45, 2.75) is 18.9 Å². The molecule has 4 rings (SSSR count). The molecule has 1 saturated heterocycles. The summed E-state index contributed by atoms with van der Waals surface area (Å²) in [6.07, 6.45) is 0. The average molecular weight is 378 g/mol. The van der Waals surface area contributed by atoms with Crippen LogP contribution >= 0.6 is 0 Å². The highest BCUT2D eigenvalue weighted by Crippen LogP contribution is 2.31. The molecule has 2 unspecified atom stereocenters. The number of nitrogens with zero attached hydrogens (tertiary/aromatic N) is 5.